The SMILES string of the molecule is Cc1ccc2[nH]c(CCCN)nc2c1C.Cl.Cl.O. The van der Waals surface area contributed by atoms with Crippen molar-refractivity contribution in [2.75, 3.05) is 6.54 Å². The number of benzene rings is 1. The van der Waals surface area contributed by atoms with Crippen LogP contribution in [-0.4, -0.2) is 22.0 Å². The fourth-order valence-electron chi connectivity index (χ4n) is 1.75. The molecular formula is C12H21Cl2N3O. The summed E-state index contributed by atoms with van der Waals surface area (Å²) in [4.78, 5) is 7.93. The third-order valence-electron chi connectivity index (χ3n) is 2.85. The lowest BCUT2D eigenvalue weighted by Gasteiger charge is -1.98. The molecule has 2 aromatic rings. The Balaban J connectivity index is 0. The Morgan fingerprint density at radius 2 is 1.89 bits per heavy atom. The second-order valence-electron chi connectivity index (χ2n) is 3.98. The van der Waals surface area contributed by atoms with E-state index in [4.69, 9.17) is 5.73 Å². The Bertz CT molecular complexity index is 485. The molecule has 0 bridgehead atoms. The molecule has 0 aliphatic heterocycles. The molecule has 0 aliphatic rings. The fourth-order valence-corrected chi connectivity index (χ4v) is 1.75. The molecule has 1 heterocycles. The third kappa shape index (κ3) is 3.85. The molecule has 0 aliphatic carbocycles. The highest BCUT2D eigenvalue weighted by Crippen LogP contribution is 2.19. The number of nitrogens with two attached hydrogens (primary N) is 1. The topological polar surface area (TPSA) is 86.2 Å². The number of nitrogens with one attached hydrogen (secondary N) is 1. The quantitative estimate of drug-likeness (QED) is 0.908. The van der Waals surface area contributed by atoms with Crippen LogP contribution in [-0.2, 0) is 6.42 Å². The highest BCUT2D eigenvalue weighted by Gasteiger charge is 2.06. The van der Waals surface area contributed by atoms with Crippen molar-refractivity contribution in [2.45, 2.75) is 26.7 Å². The number of rotatable bonds is 3. The molecule has 0 fully saturated rings. The Hall–Kier alpha value is -0.810. The molecule has 0 radical (unpaired) electrons. The lowest BCUT2D eigenvalue weighted by Crippen LogP contribution is -2.01. The zero-order valence-electron chi connectivity index (χ0n) is 10.6. The molecule has 18 heavy (non-hydrogen) atoms. The number of halogens is 2. The average molecular weight is 294 g/mol. The van der Waals surface area contributed by atoms with Gasteiger partial charge in [-0.3, -0.25) is 0 Å². The number of fused-ring (bicyclic) bond motifs is 1. The predicted molar refractivity (Wildman–Crippen MR) is 81.1 cm³/mol. The van der Waals surface area contributed by atoms with Gasteiger partial charge in [-0.2, -0.15) is 0 Å². The van der Waals surface area contributed by atoms with Crippen LogP contribution in [0.5, 0.6) is 0 Å². The summed E-state index contributed by atoms with van der Waals surface area (Å²) in [6.07, 6.45) is 1.92. The van der Waals surface area contributed by atoms with Crippen molar-refractivity contribution in [3.05, 3.63) is 29.1 Å². The highest BCUT2D eigenvalue weighted by atomic mass is 35.5. The van der Waals surface area contributed by atoms with E-state index in [2.05, 4.69) is 35.9 Å². The summed E-state index contributed by atoms with van der Waals surface area (Å²) in [5.74, 6) is 1.05. The molecule has 0 saturated carbocycles. The highest BCUT2D eigenvalue weighted by molar-refractivity contribution is 5.85. The van der Waals surface area contributed by atoms with E-state index >= 15 is 0 Å². The van der Waals surface area contributed by atoms with Gasteiger partial charge < -0.3 is 16.2 Å². The second-order valence-corrected chi connectivity index (χ2v) is 3.98. The van der Waals surface area contributed by atoms with Crippen LogP contribution < -0.4 is 5.73 Å². The maximum Gasteiger partial charge on any atom is 0.107 e. The molecule has 4 nitrogen and oxygen atoms in total. The molecular weight excluding hydrogens is 273 g/mol. The zero-order valence-corrected chi connectivity index (χ0v) is 12.3. The van der Waals surface area contributed by atoms with Gasteiger partial charge in [-0.15, -0.1) is 24.8 Å². The van der Waals surface area contributed by atoms with Gasteiger partial charge in [-0.1, -0.05) is 6.07 Å². The maximum absolute atomic E-state index is 5.48. The third-order valence-corrected chi connectivity index (χ3v) is 2.85. The first-order valence-electron chi connectivity index (χ1n) is 5.37. The zero-order chi connectivity index (χ0) is 10.8. The molecule has 2 rings (SSSR count). The molecule has 5 N–H and O–H groups in total. The number of imidazole rings is 1. The van der Waals surface area contributed by atoms with Crippen molar-refractivity contribution < 1.29 is 5.48 Å². The van der Waals surface area contributed by atoms with E-state index in [0.717, 1.165) is 36.2 Å². The van der Waals surface area contributed by atoms with Crippen LogP contribution >= 0.6 is 24.8 Å². The van der Waals surface area contributed by atoms with Gasteiger partial charge in [0.2, 0.25) is 0 Å². The molecule has 6 heteroatoms. The van der Waals surface area contributed by atoms with Crippen LogP contribution in [0.4, 0.5) is 0 Å². The number of aromatic amines is 1. The standard InChI is InChI=1S/C12H17N3.2ClH.H2O/c1-8-5-6-10-12(9(8)2)15-11(14-10)4-3-7-13;;;/h5-6H,3-4,7,13H2,1-2H3,(H,14,15);2*1H;1H2. The Morgan fingerprint density at radius 1 is 1.22 bits per heavy atom. The van der Waals surface area contributed by atoms with Crippen molar-refractivity contribution in [2.24, 2.45) is 5.73 Å². The number of aromatic nitrogens is 2. The van der Waals surface area contributed by atoms with Gasteiger partial charge >= 0.3 is 0 Å². The van der Waals surface area contributed by atoms with Gasteiger partial charge in [0.1, 0.15) is 5.82 Å². The predicted octanol–water partition coefficient (Wildman–Crippen LogP) is 2.09. The summed E-state index contributed by atoms with van der Waals surface area (Å²) in [5, 5.41) is 0. The largest absolute Gasteiger partial charge is 0.412 e. The first-order valence-corrected chi connectivity index (χ1v) is 5.37. The maximum atomic E-state index is 5.48. The first-order chi connectivity index (χ1) is 7.22. The molecule has 0 amide bonds. The molecule has 0 unspecified atom stereocenters. The van der Waals surface area contributed by atoms with E-state index in [9.17, 15) is 0 Å². The number of aryl methyl sites for hydroxylation is 3. The van der Waals surface area contributed by atoms with Crippen molar-refractivity contribution in [3.8, 4) is 0 Å². The minimum Gasteiger partial charge on any atom is -0.412 e. The summed E-state index contributed by atoms with van der Waals surface area (Å²) >= 11 is 0. The average Bonchev–Trinajstić information content (AvgIpc) is 2.64. The summed E-state index contributed by atoms with van der Waals surface area (Å²) in [6.45, 7) is 4.95. The second kappa shape index (κ2) is 8.32. The molecule has 1 aromatic heterocycles. The number of nitrogens with zero attached hydrogens (tertiary/aromatic N) is 1. The van der Waals surface area contributed by atoms with E-state index in [1.54, 1.807) is 0 Å². The van der Waals surface area contributed by atoms with Crippen molar-refractivity contribution in [3.63, 3.8) is 0 Å². The van der Waals surface area contributed by atoms with Gasteiger partial charge in [-0.25, -0.2) is 4.98 Å². The van der Waals surface area contributed by atoms with Crippen molar-refractivity contribution >= 4 is 35.8 Å². The summed E-state index contributed by atoms with van der Waals surface area (Å²) in [6, 6.07) is 4.22. The normalized spacial score (nSPS) is 9.28. The van der Waals surface area contributed by atoms with Crippen LogP contribution in [0.2, 0.25) is 0 Å². The smallest absolute Gasteiger partial charge is 0.107 e. The van der Waals surface area contributed by atoms with Crippen LogP contribution in [0.3, 0.4) is 0 Å². The lowest BCUT2D eigenvalue weighted by molar-refractivity contribution is 0.796. The molecule has 0 spiro atoms. The van der Waals surface area contributed by atoms with Gasteiger partial charge in [-0.05, 0) is 44.0 Å². The number of hydrogen-bond donors (Lipinski definition) is 2. The minimum atomic E-state index is 0. The van der Waals surface area contributed by atoms with Crippen LogP contribution in [0.1, 0.15) is 23.4 Å². The minimum absolute atomic E-state index is 0. The van der Waals surface area contributed by atoms with E-state index in [1.165, 1.54) is 11.1 Å². The van der Waals surface area contributed by atoms with E-state index in [1.807, 2.05) is 0 Å². The summed E-state index contributed by atoms with van der Waals surface area (Å²) < 4.78 is 0. The number of hydrogen-bond acceptors (Lipinski definition) is 2. The van der Waals surface area contributed by atoms with E-state index < -0.39 is 0 Å². The summed E-state index contributed by atoms with van der Waals surface area (Å²) in [5.41, 5.74) is 10.3. The molecule has 1 aromatic carbocycles. The Labute approximate surface area is 119 Å². The number of H-pyrrole nitrogens is 1. The van der Waals surface area contributed by atoms with Crippen molar-refractivity contribution in [1.29, 1.82) is 0 Å². The lowest BCUT2D eigenvalue weighted by atomic mass is 10.1. The summed E-state index contributed by atoms with van der Waals surface area (Å²) in [7, 11) is 0. The first kappa shape index (κ1) is 19.5. The molecule has 0 atom stereocenters. The molecule has 104 valence electrons. The van der Waals surface area contributed by atoms with E-state index in [-0.39, 0.29) is 30.3 Å². The van der Waals surface area contributed by atoms with Crippen LogP contribution in [0, 0.1) is 13.8 Å². The van der Waals surface area contributed by atoms with E-state index in [0.29, 0.717) is 0 Å². The monoisotopic (exact) mass is 293 g/mol. The fraction of sp³-hybridized carbons (Fsp3) is 0.417. The van der Waals surface area contributed by atoms with Gasteiger partial charge in [0.25, 0.3) is 0 Å². The van der Waals surface area contributed by atoms with Gasteiger partial charge in [0.05, 0.1) is 11.0 Å². The van der Waals surface area contributed by atoms with Crippen LogP contribution in [0.15, 0.2) is 12.1 Å². The Morgan fingerprint density at radius 3 is 2.50 bits per heavy atom. The molecule has 0 saturated heterocycles. The van der Waals surface area contributed by atoms with Crippen LogP contribution in [0.25, 0.3) is 11.0 Å². The van der Waals surface area contributed by atoms with Gasteiger partial charge in [0.15, 0.2) is 0 Å². The van der Waals surface area contributed by atoms with Crippen molar-refractivity contribution in [1.82, 2.24) is 9.97 Å². The van der Waals surface area contributed by atoms with Gasteiger partial charge in [0, 0.05) is 6.42 Å². The Kier molecular flexibility index (Phi) is 9.03.